The quantitative estimate of drug-likeness (QED) is 0.612. The van der Waals surface area contributed by atoms with E-state index in [1.54, 1.807) is 4.90 Å². The number of carbonyl (C=O) groups excluding carboxylic acids is 2. The van der Waals surface area contributed by atoms with Crippen LogP contribution in [0.2, 0.25) is 0 Å². The highest BCUT2D eigenvalue weighted by atomic mass is 16.6. The van der Waals surface area contributed by atoms with E-state index in [1.807, 2.05) is 56.3 Å². The van der Waals surface area contributed by atoms with Crippen molar-refractivity contribution in [1.29, 1.82) is 0 Å². The Morgan fingerprint density at radius 3 is 2.58 bits per heavy atom. The molecule has 1 aliphatic heterocycles. The van der Waals surface area contributed by atoms with Crippen LogP contribution in [0.1, 0.15) is 32.3 Å². The van der Waals surface area contributed by atoms with Crippen molar-refractivity contribution in [3.8, 4) is 0 Å². The van der Waals surface area contributed by atoms with Gasteiger partial charge in [-0.2, -0.15) is 0 Å². The zero-order valence-corrected chi connectivity index (χ0v) is 14.5. The third-order valence-electron chi connectivity index (χ3n) is 4.18. The summed E-state index contributed by atoms with van der Waals surface area (Å²) in [5.74, 6) is -0.0929. The summed E-state index contributed by atoms with van der Waals surface area (Å²) in [6, 6.07) is 9.23. The maximum atomic E-state index is 12.7. The van der Waals surface area contributed by atoms with E-state index in [0.29, 0.717) is 6.42 Å². The fourth-order valence-electron chi connectivity index (χ4n) is 2.89. The molecule has 0 bridgehead atoms. The van der Waals surface area contributed by atoms with Crippen molar-refractivity contribution in [2.45, 2.75) is 45.4 Å². The van der Waals surface area contributed by atoms with Gasteiger partial charge in [0.15, 0.2) is 0 Å². The third-order valence-corrected chi connectivity index (χ3v) is 4.18. The molecule has 0 aliphatic carbocycles. The Kier molecular flexibility index (Phi) is 6.41. The number of hydrogen-bond donors (Lipinski definition) is 0. The molecule has 0 saturated carbocycles. The van der Waals surface area contributed by atoms with Gasteiger partial charge in [0.2, 0.25) is 0 Å². The van der Waals surface area contributed by atoms with Gasteiger partial charge in [-0.05, 0) is 17.9 Å². The first-order valence-corrected chi connectivity index (χ1v) is 8.25. The summed E-state index contributed by atoms with van der Waals surface area (Å²) in [5, 5.41) is 0. The smallest absolute Gasteiger partial charge is 0.410 e. The SMILES string of the molecule is COC(=O)C[C@@H]1CC=C[C@H](C(C)C)N1C(=O)OCc1ccccc1. The van der Waals surface area contributed by atoms with E-state index in [-0.39, 0.29) is 37.0 Å². The summed E-state index contributed by atoms with van der Waals surface area (Å²) in [7, 11) is 1.36. The van der Waals surface area contributed by atoms with Crippen LogP contribution in [-0.4, -0.2) is 36.2 Å². The summed E-state index contributed by atoms with van der Waals surface area (Å²) in [4.78, 5) is 26.0. The average Bonchev–Trinajstić information content (AvgIpc) is 2.60. The predicted octanol–water partition coefficient (Wildman–Crippen LogP) is 3.54. The lowest BCUT2D eigenvalue weighted by atomic mass is 9.93. The minimum atomic E-state index is -0.393. The molecule has 1 aromatic rings. The van der Waals surface area contributed by atoms with E-state index in [9.17, 15) is 9.59 Å². The van der Waals surface area contributed by atoms with Crippen LogP contribution < -0.4 is 0 Å². The normalized spacial score (nSPS) is 20.1. The fourth-order valence-corrected chi connectivity index (χ4v) is 2.89. The molecule has 0 saturated heterocycles. The van der Waals surface area contributed by atoms with Gasteiger partial charge in [-0.25, -0.2) is 4.79 Å². The maximum Gasteiger partial charge on any atom is 0.410 e. The highest BCUT2D eigenvalue weighted by Crippen LogP contribution is 2.26. The zero-order chi connectivity index (χ0) is 17.5. The van der Waals surface area contributed by atoms with E-state index in [2.05, 4.69) is 0 Å². The predicted molar refractivity (Wildman–Crippen MR) is 91.3 cm³/mol. The lowest BCUT2D eigenvalue weighted by molar-refractivity contribution is -0.142. The van der Waals surface area contributed by atoms with E-state index in [1.165, 1.54) is 7.11 Å². The summed E-state index contributed by atoms with van der Waals surface area (Å²) in [5.41, 5.74) is 0.934. The summed E-state index contributed by atoms with van der Waals surface area (Å²) >= 11 is 0. The highest BCUT2D eigenvalue weighted by Gasteiger charge is 2.35. The van der Waals surface area contributed by atoms with Crippen molar-refractivity contribution in [3.05, 3.63) is 48.0 Å². The fraction of sp³-hybridized carbons (Fsp3) is 0.474. The first-order chi connectivity index (χ1) is 11.5. The first kappa shape index (κ1) is 18.0. The molecule has 5 heteroatoms. The number of methoxy groups -OCH3 is 1. The maximum absolute atomic E-state index is 12.7. The van der Waals surface area contributed by atoms with Crippen LogP contribution in [0, 0.1) is 5.92 Å². The largest absolute Gasteiger partial charge is 0.469 e. The van der Waals surface area contributed by atoms with Gasteiger partial charge in [-0.15, -0.1) is 0 Å². The van der Waals surface area contributed by atoms with Crippen LogP contribution in [0.15, 0.2) is 42.5 Å². The number of rotatable bonds is 5. The molecule has 1 aliphatic rings. The topological polar surface area (TPSA) is 55.8 Å². The second kappa shape index (κ2) is 8.52. The Morgan fingerprint density at radius 1 is 1.25 bits per heavy atom. The average molecular weight is 331 g/mol. The molecule has 0 aromatic heterocycles. The van der Waals surface area contributed by atoms with Crippen molar-refractivity contribution in [3.63, 3.8) is 0 Å². The molecule has 1 amide bonds. The Hall–Kier alpha value is -2.30. The number of amides is 1. The Morgan fingerprint density at radius 2 is 1.96 bits per heavy atom. The molecule has 1 aromatic carbocycles. The second-order valence-electron chi connectivity index (χ2n) is 6.28. The van der Waals surface area contributed by atoms with Gasteiger partial charge < -0.3 is 9.47 Å². The van der Waals surface area contributed by atoms with Gasteiger partial charge in [-0.1, -0.05) is 56.3 Å². The molecule has 2 rings (SSSR count). The lowest BCUT2D eigenvalue weighted by Crippen LogP contribution is -2.51. The number of ether oxygens (including phenoxy) is 2. The molecule has 0 unspecified atom stereocenters. The Labute approximate surface area is 143 Å². The van der Waals surface area contributed by atoms with Crippen molar-refractivity contribution >= 4 is 12.1 Å². The minimum Gasteiger partial charge on any atom is -0.469 e. The zero-order valence-electron chi connectivity index (χ0n) is 14.5. The van der Waals surface area contributed by atoms with Crippen LogP contribution in [-0.2, 0) is 20.9 Å². The third kappa shape index (κ3) is 4.60. The van der Waals surface area contributed by atoms with Gasteiger partial charge in [0.05, 0.1) is 19.6 Å². The van der Waals surface area contributed by atoms with E-state index in [4.69, 9.17) is 9.47 Å². The summed E-state index contributed by atoms with van der Waals surface area (Å²) < 4.78 is 10.3. The van der Waals surface area contributed by atoms with Crippen LogP contribution in [0.25, 0.3) is 0 Å². The lowest BCUT2D eigenvalue weighted by Gasteiger charge is -2.40. The molecule has 1 heterocycles. The van der Waals surface area contributed by atoms with Crippen LogP contribution >= 0.6 is 0 Å². The number of hydrogen-bond acceptors (Lipinski definition) is 4. The van der Waals surface area contributed by atoms with Crippen molar-refractivity contribution in [2.24, 2.45) is 5.92 Å². The van der Waals surface area contributed by atoms with Gasteiger partial charge in [0, 0.05) is 6.04 Å². The Balaban J connectivity index is 2.10. The number of benzene rings is 1. The molecular formula is C19H25NO4. The van der Waals surface area contributed by atoms with E-state index >= 15 is 0 Å². The summed E-state index contributed by atoms with van der Waals surface area (Å²) in [6.07, 6.45) is 4.45. The molecule has 24 heavy (non-hydrogen) atoms. The molecule has 130 valence electrons. The molecular weight excluding hydrogens is 306 g/mol. The monoisotopic (exact) mass is 331 g/mol. The molecule has 2 atom stereocenters. The van der Waals surface area contributed by atoms with Crippen LogP contribution in [0.4, 0.5) is 4.79 Å². The summed E-state index contributed by atoms with van der Waals surface area (Å²) in [6.45, 7) is 4.32. The van der Waals surface area contributed by atoms with Gasteiger partial charge in [-0.3, -0.25) is 9.69 Å². The second-order valence-corrected chi connectivity index (χ2v) is 6.28. The Bertz CT molecular complexity index is 582. The first-order valence-electron chi connectivity index (χ1n) is 8.25. The van der Waals surface area contributed by atoms with Gasteiger partial charge in [0.25, 0.3) is 0 Å². The molecule has 0 N–H and O–H groups in total. The molecule has 5 nitrogen and oxygen atoms in total. The van der Waals surface area contributed by atoms with Gasteiger partial charge in [0.1, 0.15) is 6.61 Å². The number of esters is 1. The van der Waals surface area contributed by atoms with Gasteiger partial charge >= 0.3 is 12.1 Å². The van der Waals surface area contributed by atoms with Crippen LogP contribution in [0.3, 0.4) is 0 Å². The standard InChI is InChI=1S/C19H25NO4/c1-14(2)17-11-7-10-16(12-18(21)23-3)20(17)19(22)24-13-15-8-5-4-6-9-15/h4-9,11,14,16-17H,10,12-13H2,1-3H3/t16-,17+/m0/s1. The van der Waals surface area contributed by atoms with E-state index < -0.39 is 6.09 Å². The molecule has 0 radical (unpaired) electrons. The van der Waals surface area contributed by atoms with Crippen LogP contribution in [0.5, 0.6) is 0 Å². The molecule has 0 fully saturated rings. The molecule has 0 spiro atoms. The van der Waals surface area contributed by atoms with Crippen molar-refractivity contribution in [1.82, 2.24) is 4.90 Å². The van der Waals surface area contributed by atoms with Crippen molar-refractivity contribution in [2.75, 3.05) is 7.11 Å². The van der Waals surface area contributed by atoms with E-state index in [0.717, 1.165) is 5.56 Å². The minimum absolute atomic E-state index is 0.0864. The number of nitrogens with zero attached hydrogens (tertiary/aromatic N) is 1. The highest BCUT2D eigenvalue weighted by molar-refractivity contribution is 5.73. The number of carbonyl (C=O) groups is 2. The van der Waals surface area contributed by atoms with Crippen molar-refractivity contribution < 1.29 is 19.1 Å².